The Balaban J connectivity index is 2.29. The molecule has 0 aliphatic carbocycles. The van der Waals surface area contributed by atoms with Gasteiger partial charge in [0.25, 0.3) is 5.91 Å². The molecule has 2 rings (SSSR count). The quantitative estimate of drug-likeness (QED) is 0.729. The molecule has 0 N–H and O–H groups in total. The summed E-state index contributed by atoms with van der Waals surface area (Å²) in [4.78, 5) is 21.2. The van der Waals surface area contributed by atoms with Gasteiger partial charge in [-0.25, -0.2) is 14.6 Å². The van der Waals surface area contributed by atoms with Crippen molar-refractivity contribution in [2.24, 2.45) is 0 Å². The fourth-order valence-electron chi connectivity index (χ4n) is 1.56. The van der Waals surface area contributed by atoms with Crippen molar-refractivity contribution in [2.45, 2.75) is 0 Å². The molecule has 1 amide bonds. The number of rotatable bonds is 4. The van der Waals surface area contributed by atoms with Gasteiger partial charge in [-0.15, -0.1) is 0 Å². The van der Waals surface area contributed by atoms with Gasteiger partial charge in [0.05, 0.1) is 12.1 Å². The molecule has 0 saturated heterocycles. The lowest BCUT2D eigenvalue weighted by molar-refractivity contribution is 0.0794. The molecule has 0 radical (unpaired) electrons. The van der Waals surface area contributed by atoms with Crippen molar-refractivity contribution >= 4 is 5.91 Å². The monoisotopic (exact) mass is 267 g/mol. The summed E-state index contributed by atoms with van der Waals surface area (Å²) < 4.78 is 1.41. The Kier molecular flexibility index (Phi) is 4.00. The van der Waals surface area contributed by atoms with Crippen molar-refractivity contribution in [1.29, 1.82) is 10.5 Å². The number of nitriles is 2. The standard InChI is InChI=1S/C12H9N7O/c13-2-5-18(6-3-14)12(20)10-1-4-16-11(7-10)19-9-15-8-17-19/h1,4,7-9H,5-6H2. The van der Waals surface area contributed by atoms with Crippen LogP contribution in [0, 0.1) is 22.7 Å². The average Bonchev–Trinajstić information content (AvgIpc) is 3.01. The van der Waals surface area contributed by atoms with Crippen molar-refractivity contribution in [3.05, 3.63) is 36.5 Å². The van der Waals surface area contributed by atoms with E-state index in [0.717, 1.165) is 4.90 Å². The third kappa shape index (κ3) is 2.76. The first-order valence-corrected chi connectivity index (χ1v) is 5.60. The minimum Gasteiger partial charge on any atom is -0.312 e. The zero-order valence-electron chi connectivity index (χ0n) is 10.3. The summed E-state index contributed by atoms with van der Waals surface area (Å²) in [5, 5.41) is 21.3. The van der Waals surface area contributed by atoms with Crippen LogP contribution in [-0.4, -0.2) is 43.6 Å². The molecule has 98 valence electrons. The van der Waals surface area contributed by atoms with Crippen LogP contribution in [0.3, 0.4) is 0 Å². The fraction of sp³-hybridized carbons (Fsp3) is 0.167. The third-order valence-corrected chi connectivity index (χ3v) is 2.46. The van der Waals surface area contributed by atoms with Crippen LogP contribution in [0.25, 0.3) is 5.82 Å². The molecule has 2 heterocycles. The van der Waals surface area contributed by atoms with Gasteiger partial charge in [-0.3, -0.25) is 4.79 Å². The van der Waals surface area contributed by atoms with Gasteiger partial charge >= 0.3 is 0 Å². The van der Waals surface area contributed by atoms with E-state index in [1.807, 2.05) is 12.1 Å². The van der Waals surface area contributed by atoms with E-state index in [0.29, 0.717) is 11.4 Å². The Bertz CT molecular complexity index is 665. The number of amides is 1. The molecule has 0 unspecified atom stereocenters. The van der Waals surface area contributed by atoms with Crippen LogP contribution in [0.4, 0.5) is 0 Å². The van der Waals surface area contributed by atoms with E-state index in [1.165, 1.54) is 35.7 Å². The normalized spacial score (nSPS) is 9.50. The second-order valence-corrected chi connectivity index (χ2v) is 3.72. The Morgan fingerprint density at radius 3 is 2.70 bits per heavy atom. The number of nitrogens with zero attached hydrogens (tertiary/aromatic N) is 7. The van der Waals surface area contributed by atoms with Gasteiger partial charge in [0.2, 0.25) is 0 Å². The molecule has 8 heteroatoms. The third-order valence-electron chi connectivity index (χ3n) is 2.46. The summed E-state index contributed by atoms with van der Waals surface area (Å²) in [5.74, 6) is 0.0269. The summed E-state index contributed by atoms with van der Waals surface area (Å²) in [5.41, 5.74) is 0.330. The lowest BCUT2D eigenvalue weighted by atomic mass is 10.2. The largest absolute Gasteiger partial charge is 0.312 e. The Morgan fingerprint density at radius 1 is 1.35 bits per heavy atom. The smallest absolute Gasteiger partial charge is 0.255 e. The summed E-state index contributed by atoms with van der Waals surface area (Å²) in [6, 6.07) is 6.76. The van der Waals surface area contributed by atoms with Crippen LogP contribution in [0.15, 0.2) is 31.0 Å². The molecular formula is C12H9N7O. The molecule has 0 aliphatic heterocycles. The van der Waals surface area contributed by atoms with E-state index in [-0.39, 0.29) is 13.1 Å². The highest BCUT2D eigenvalue weighted by atomic mass is 16.2. The molecule has 2 aromatic rings. The molecule has 8 nitrogen and oxygen atoms in total. The summed E-state index contributed by atoms with van der Waals surface area (Å²) >= 11 is 0. The van der Waals surface area contributed by atoms with E-state index in [2.05, 4.69) is 15.1 Å². The lowest BCUT2D eigenvalue weighted by Gasteiger charge is -2.15. The minimum atomic E-state index is -0.406. The van der Waals surface area contributed by atoms with E-state index < -0.39 is 5.91 Å². The molecule has 0 fully saturated rings. The Labute approximate surface area is 114 Å². The van der Waals surface area contributed by atoms with Crippen molar-refractivity contribution in [1.82, 2.24) is 24.6 Å². The van der Waals surface area contributed by atoms with Crippen LogP contribution in [0.1, 0.15) is 10.4 Å². The van der Waals surface area contributed by atoms with Gasteiger partial charge in [0.15, 0.2) is 5.82 Å². The predicted molar refractivity (Wildman–Crippen MR) is 66.3 cm³/mol. The van der Waals surface area contributed by atoms with Gasteiger partial charge < -0.3 is 4.90 Å². The first-order valence-electron chi connectivity index (χ1n) is 5.60. The Morgan fingerprint density at radius 2 is 2.10 bits per heavy atom. The number of aromatic nitrogens is 4. The topological polar surface area (TPSA) is 111 Å². The maximum absolute atomic E-state index is 12.2. The molecular weight excluding hydrogens is 258 g/mol. The van der Waals surface area contributed by atoms with Crippen molar-refractivity contribution in [3.63, 3.8) is 0 Å². The molecule has 0 aliphatic rings. The van der Waals surface area contributed by atoms with Crippen molar-refractivity contribution in [3.8, 4) is 18.0 Å². The highest BCUT2D eigenvalue weighted by molar-refractivity contribution is 5.94. The number of carbonyl (C=O) groups is 1. The minimum absolute atomic E-state index is 0.145. The molecule has 20 heavy (non-hydrogen) atoms. The molecule has 0 atom stereocenters. The van der Waals surface area contributed by atoms with Crippen LogP contribution >= 0.6 is 0 Å². The molecule has 2 aromatic heterocycles. The second kappa shape index (κ2) is 6.07. The highest BCUT2D eigenvalue weighted by Gasteiger charge is 2.16. The van der Waals surface area contributed by atoms with E-state index >= 15 is 0 Å². The van der Waals surface area contributed by atoms with Crippen molar-refractivity contribution < 1.29 is 4.79 Å². The average molecular weight is 267 g/mol. The van der Waals surface area contributed by atoms with E-state index in [9.17, 15) is 4.79 Å². The zero-order chi connectivity index (χ0) is 14.4. The summed E-state index contributed by atoms with van der Waals surface area (Å²) in [6.45, 7) is -0.291. The van der Waals surface area contributed by atoms with Gasteiger partial charge in [-0.05, 0) is 12.1 Å². The number of hydrogen-bond acceptors (Lipinski definition) is 6. The van der Waals surface area contributed by atoms with Crippen molar-refractivity contribution in [2.75, 3.05) is 13.1 Å². The van der Waals surface area contributed by atoms with Gasteiger partial charge in [0.1, 0.15) is 25.7 Å². The Hall–Kier alpha value is -3.26. The van der Waals surface area contributed by atoms with Gasteiger partial charge in [-0.2, -0.15) is 15.6 Å². The van der Waals surface area contributed by atoms with Gasteiger partial charge in [-0.1, -0.05) is 0 Å². The molecule has 0 spiro atoms. The first kappa shape index (κ1) is 13.2. The number of carbonyl (C=O) groups excluding carboxylic acids is 1. The number of hydrogen-bond donors (Lipinski definition) is 0. The van der Waals surface area contributed by atoms with Crippen LogP contribution < -0.4 is 0 Å². The second-order valence-electron chi connectivity index (χ2n) is 3.72. The molecule has 0 saturated carbocycles. The molecule has 0 aromatic carbocycles. The predicted octanol–water partition coefficient (Wildman–Crippen LogP) is 0.152. The van der Waals surface area contributed by atoms with Crippen LogP contribution in [0.2, 0.25) is 0 Å². The van der Waals surface area contributed by atoms with Gasteiger partial charge in [0, 0.05) is 11.8 Å². The maximum Gasteiger partial charge on any atom is 0.255 e. The first-order chi connectivity index (χ1) is 9.76. The SMILES string of the molecule is N#CCN(CC#N)C(=O)c1ccnc(-n2cncn2)c1. The lowest BCUT2D eigenvalue weighted by Crippen LogP contribution is -2.31. The van der Waals surface area contributed by atoms with Crippen LogP contribution in [0.5, 0.6) is 0 Å². The zero-order valence-corrected chi connectivity index (χ0v) is 10.3. The summed E-state index contributed by atoms with van der Waals surface area (Å²) in [7, 11) is 0. The fourth-order valence-corrected chi connectivity index (χ4v) is 1.56. The molecule has 0 bridgehead atoms. The van der Waals surface area contributed by atoms with E-state index in [1.54, 1.807) is 0 Å². The number of pyridine rings is 1. The summed E-state index contributed by atoms with van der Waals surface area (Å²) in [6.07, 6.45) is 4.27. The van der Waals surface area contributed by atoms with Crippen LogP contribution in [-0.2, 0) is 0 Å². The van der Waals surface area contributed by atoms with E-state index in [4.69, 9.17) is 10.5 Å². The maximum atomic E-state index is 12.2. The highest BCUT2D eigenvalue weighted by Crippen LogP contribution is 2.08.